The van der Waals surface area contributed by atoms with Crippen molar-refractivity contribution in [2.75, 3.05) is 5.73 Å². The third-order valence-electron chi connectivity index (χ3n) is 3.76. The first-order valence-corrected chi connectivity index (χ1v) is 8.52. The largest absolute Gasteiger partial charge is 0.395 e. The Morgan fingerprint density at radius 1 is 1.04 bits per heavy atom. The molecule has 1 aromatic carbocycles. The predicted octanol–water partition coefficient (Wildman–Crippen LogP) is 1.40. The van der Waals surface area contributed by atoms with Crippen molar-refractivity contribution < 1.29 is 8.42 Å². The van der Waals surface area contributed by atoms with Crippen LogP contribution in [0.25, 0.3) is 16.8 Å². The van der Waals surface area contributed by atoms with Gasteiger partial charge in [-0.1, -0.05) is 17.7 Å². The molecule has 4 aromatic rings. The number of benzene rings is 1. The number of nitrogens with zero attached hydrogens (tertiary/aromatic N) is 5. The molecule has 0 aliphatic heterocycles. The summed E-state index contributed by atoms with van der Waals surface area (Å²) in [5.74, 6) is 0. The summed E-state index contributed by atoms with van der Waals surface area (Å²) < 4.78 is 27.8. The Morgan fingerprint density at radius 3 is 2.50 bits per heavy atom. The molecule has 8 nitrogen and oxygen atoms in total. The number of hydrogen-bond donors (Lipinski definition) is 1. The number of sulfone groups is 1. The average Bonchev–Trinajstić information content (AvgIpc) is 3.06. The van der Waals surface area contributed by atoms with E-state index in [1.807, 2.05) is 6.92 Å². The first kappa shape index (κ1) is 14.5. The summed E-state index contributed by atoms with van der Waals surface area (Å²) in [7, 11) is -3.89. The van der Waals surface area contributed by atoms with Crippen molar-refractivity contribution in [2.24, 2.45) is 0 Å². The van der Waals surface area contributed by atoms with Crippen molar-refractivity contribution >= 4 is 32.3 Å². The molecule has 3 aromatic heterocycles. The Morgan fingerprint density at radius 2 is 1.75 bits per heavy atom. The summed E-state index contributed by atoms with van der Waals surface area (Å²) in [4.78, 5) is 8.42. The molecule has 2 N–H and O–H groups in total. The van der Waals surface area contributed by atoms with Crippen LogP contribution in [0.3, 0.4) is 0 Å². The summed E-state index contributed by atoms with van der Waals surface area (Å²) in [5.41, 5.74) is 7.82. The van der Waals surface area contributed by atoms with Crippen LogP contribution in [0.4, 0.5) is 5.69 Å². The van der Waals surface area contributed by atoms with Crippen molar-refractivity contribution in [3.05, 3.63) is 48.5 Å². The third-order valence-corrected chi connectivity index (χ3v) is 5.60. The number of nitrogens with two attached hydrogens (primary N) is 1. The van der Waals surface area contributed by atoms with E-state index in [1.54, 1.807) is 24.3 Å². The second-order valence-electron chi connectivity index (χ2n) is 5.31. The highest BCUT2D eigenvalue weighted by Crippen LogP contribution is 2.33. The molecule has 0 unspecified atom stereocenters. The van der Waals surface area contributed by atoms with Crippen LogP contribution in [0.2, 0.25) is 0 Å². The number of hydrogen-bond acceptors (Lipinski definition) is 7. The van der Waals surface area contributed by atoms with E-state index in [2.05, 4.69) is 20.2 Å². The molecule has 0 amide bonds. The van der Waals surface area contributed by atoms with Crippen molar-refractivity contribution in [3.63, 3.8) is 0 Å². The standard InChI is InChI=1S/C15H12N6O2S/c1-9-2-4-10(5-3-9)24(22,23)13-11(16)14-20-19-8-21(14)15-12(13)17-6-7-18-15/h2-8H,16H2,1H3. The van der Waals surface area contributed by atoms with Crippen LogP contribution in [0.15, 0.2) is 52.8 Å². The van der Waals surface area contributed by atoms with Gasteiger partial charge in [-0.2, -0.15) is 0 Å². The molecule has 0 radical (unpaired) electrons. The summed E-state index contributed by atoms with van der Waals surface area (Å²) in [5, 5.41) is 7.70. The van der Waals surface area contributed by atoms with E-state index < -0.39 is 9.84 Å². The fourth-order valence-electron chi connectivity index (χ4n) is 2.58. The summed E-state index contributed by atoms with van der Waals surface area (Å²) in [6.45, 7) is 1.88. The molecule has 0 bridgehead atoms. The van der Waals surface area contributed by atoms with Crippen molar-refractivity contribution in [3.8, 4) is 0 Å². The SMILES string of the molecule is Cc1ccc(S(=O)(=O)c2c(N)c3nncn3c3nccnc23)cc1. The van der Waals surface area contributed by atoms with E-state index >= 15 is 0 Å². The molecule has 120 valence electrons. The lowest BCUT2D eigenvalue weighted by atomic mass is 10.2. The smallest absolute Gasteiger partial charge is 0.211 e. The van der Waals surface area contributed by atoms with Gasteiger partial charge in [0.05, 0.1) is 10.6 Å². The van der Waals surface area contributed by atoms with Gasteiger partial charge in [-0.25, -0.2) is 18.4 Å². The molecule has 9 heteroatoms. The van der Waals surface area contributed by atoms with E-state index in [9.17, 15) is 8.42 Å². The van der Waals surface area contributed by atoms with E-state index in [-0.39, 0.29) is 26.6 Å². The minimum absolute atomic E-state index is 0.000995. The van der Waals surface area contributed by atoms with Gasteiger partial charge in [0.1, 0.15) is 16.7 Å². The molecule has 4 rings (SSSR count). The van der Waals surface area contributed by atoms with Gasteiger partial charge in [0.25, 0.3) is 0 Å². The Kier molecular flexibility index (Phi) is 3.00. The minimum atomic E-state index is -3.89. The zero-order valence-electron chi connectivity index (χ0n) is 12.6. The van der Waals surface area contributed by atoms with Gasteiger partial charge in [0.2, 0.25) is 9.84 Å². The number of fused-ring (bicyclic) bond motifs is 3. The molecule has 24 heavy (non-hydrogen) atoms. The van der Waals surface area contributed by atoms with Gasteiger partial charge in [0.15, 0.2) is 11.3 Å². The zero-order chi connectivity index (χ0) is 16.9. The Labute approximate surface area is 136 Å². The van der Waals surface area contributed by atoms with Crippen LogP contribution >= 0.6 is 0 Å². The lowest BCUT2D eigenvalue weighted by molar-refractivity contribution is 0.597. The highest BCUT2D eigenvalue weighted by Gasteiger charge is 2.28. The predicted molar refractivity (Wildman–Crippen MR) is 87.1 cm³/mol. The Hall–Kier alpha value is -3.07. The number of aryl methyl sites for hydroxylation is 1. The molecule has 0 spiro atoms. The van der Waals surface area contributed by atoms with Crippen molar-refractivity contribution in [1.82, 2.24) is 24.6 Å². The highest BCUT2D eigenvalue weighted by molar-refractivity contribution is 7.92. The highest BCUT2D eigenvalue weighted by atomic mass is 32.2. The second kappa shape index (κ2) is 4.96. The molecule has 3 heterocycles. The third kappa shape index (κ3) is 1.95. The van der Waals surface area contributed by atoms with Crippen LogP contribution in [0, 0.1) is 6.92 Å². The van der Waals surface area contributed by atoms with Crippen molar-refractivity contribution in [1.29, 1.82) is 0 Å². The van der Waals surface area contributed by atoms with Gasteiger partial charge in [0, 0.05) is 12.4 Å². The summed E-state index contributed by atoms with van der Waals surface area (Å²) in [6, 6.07) is 6.54. The monoisotopic (exact) mass is 340 g/mol. The normalized spacial score (nSPS) is 12.0. The van der Waals surface area contributed by atoms with Gasteiger partial charge in [-0.3, -0.25) is 4.40 Å². The lowest BCUT2D eigenvalue weighted by Crippen LogP contribution is -2.10. The van der Waals surface area contributed by atoms with E-state index in [0.29, 0.717) is 5.65 Å². The fourth-order valence-corrected chi connectivity index (χ4v) is 4.09. The first-order valence-electron chi connectivity index (χ1n) is 7.04. The van der Waals surface area contributed by atoms with Crippen LogP contribution < -0.4 is 5.73 Å². The Bertz CT molecular complexity index is 1180. The molecule has 0 fully saturated rings. The number of pyridine rings is 1. The van der Waals surface area contributed by atoms with Crippen LogP contribution in [-0.4, -0.2) is 33.0 Å². The van der Waals surface area contributed by atoms with Crippen LogP contribution in [0.1, 0.15) is 5.56 Å². The van der Waals surface area contributed by atoms with Gasteiger partial charge >= 0.3 is 0 Å². The average molecular weight is 340 g/mol. The number of rotatable bonds is 2. The zero-order valence-corrected chi connectivity index (χ0v) is 13.4. The fraction of sp³-hybridized carbons (Fsp3) is 0.0667. The second-order valence-corrected chi connectivity index (χ2v) is 7.20. The summed E-state index contributed by atoms with van der Waals surface area (Å²) in [6.07, 6.45) is 4.32. The molecule has 0 aliphatic rings. The minimum Gasteiger partial charge on any atom is -0.395 e. The van der Waals surface area contributed by atoms with E-state index in [4.69, 9.17) is 5.73 Å². The maximum atomic E-state index is 13.1. The van der Waals surface area contributed by atoms with Crippen LogP contribution in [0.5, 0.6) is 0 Å². The van der Waals surface area contributed by atoms with Crippen LogP contribution in [-0.2, 0) is 9.84 Å². The molecular weight excluding hydrogens is 328 g/mol. The molecule has 0 saturated heterocycles. The maximum Gasteiger partial charge on any atom is 0.211 e. The van der Waals surface area contributed by atoms with Gasteiger partial charge in [-0.15, -0.1) is 10.2 Å². The number of nitrogen functional groups attached to an aromatic ring is 1. The number of aromatic nitrogens is 5. The van der Waals surface area contributed by atoms with E-state index in [0.717, 1.165) is 5.56 Å². The molecule has 0 atom stereocenters. The lowest BCUT2D eigenvalue weighted by Gasteiger charge is -2.11. The molecular formula is C15H12N6O2S. The maximum absolute atomic E-state index is 13.1. The Balaban J connectivity index is 2.15. The topological polar surface area (TPSA) is 116 Å². The number of anilines is 1. The first-order chi connectivity index (χ1) is 11.5. The quantitative estimate of drug-likeness (QED) is 0.586. The van der Waals surface area contributed by atoms with Crippen molar-refractivity contribution in [2.45, 2.75) is 16.7 Å². The van der Waals surface area contributed by atoms with Gasteiger partial charge < -0.3 is 5.73 Å². The van der Waals surface area contributed by atoms with Gasteiger partial charge in [-0.05, 0) is 19.1 Å². The molecule has 0 aliphatic carbocycles. The van der Waals surface area contributed by atoms with E-state index in [1.165, 1.54) is 23.1 Å². The molecule has 0 saturated carbocycles. The summed E-state index contributed by atoms with van der Waals surface area (Å²) >= 11 is 0.